The number of halogens is 2. The van der Waals surface area contributed by atoms with Crippen LogP contribution in [0.15, 0.2) is 30.5 Å². The van der Waals surface area contributed by atoms with Crippen molar-refractivity contribution < 1.29 is 13.7 Å². The fraction of sp³-hybridized carbons (Fsp3) is 0.0769. The molecule has 106 valence electrons. The van der Waals surface area contributed by atoms with Crippen LogP contribution in [0.1, 0.15) is 11.1 Å². The van der Waals surface area contributed by atoms with Crippen molar-refractivity contribution in [2.75, 3.05) is 5.32 Å². The maximum absolute atomic E-state index is 13.4. The van der Waals surface area contributed by atoms with E-state index in [1.165, 1.54) is 0 Å². The number of pyridine rings is 1. The van der Waals surface area contributed by atoms with Gasteiger partial charge in [0.25, 0.3) is 5.69 Å². The maximum atomic E-state index is 13.4. The summed E-state index contributed by atoms with van der Waals surface area (Å²) in [5, 5.41) is 22.2. The Morgan fingerprint density at radius 1 is 1.38 bits per heavy atom. The molecular formula is C13H8F2N4O2. The van der Waals surface area contributed by atoms with Crippen molar-refractivity contribution in [1.82, 2.24) is 4.98 Å². The van der Waals surface area contributed by atoms with E-state index in [0.29, 0.717) is 0 Å². The predicted octanol–water partition coefficient (Wildman–Crippen LogP) is 2.75. The van der Waals surface area contributed by atoms with Crippen LogP contribution in [0.5, 0.6) is 0 Å². The third kappa shape index (κ3) is 3.27. The quantitative estimate of drug-likeness (QED) is 0.690. The minimum Gasteiger partial charge on any atom is -0.365 e. The second-order valence-corrected chi connectivity index (χ2v) is 4.05. The number of nitrogens with zero attached hydrogens (tertiary/aromatic N) is 3. The van der Waals surface area contributed by atoms with Crippen LogP contribution in [0, 0.1) is 33.1 Å². The van der Waals surface area contributed by atoms with Crippen molar-refractivity contribution in [1.29, 1.82) is 5.26 Å². The van der Waals surface area contributed by atoms with Gasteiger partial charge in [-0.15, -0.1) is 0 Å². The van der Waals surface area contributed by atoms with Crippen molar-refractivity contribution in [3.63, 3.8) is 0 Å². The van der Waals surface area contributed by atoms with Crippen molar-refractivity contribution in [3.05, 3.63) is 63.3 Å². The first kappa shape index (κ1) is 14.3. The number of hydrogen-bond acceptors (Lipinski definition) is 5. The highest BCUT2D eigenvalue weighted by molar-refractivity contribution is 5.55. The summed E-state index contributed by atoms with van der Waals surface area (Å²) in [7, 11) is 0. The molecule has 2 aromatic rings. The third-order valence-corrected chi connectivity index (χ3v) is 2.66. The molecule has 0 aliphatic rings. The molecule has 0 saturated carbocycles. The monoisotopic (exact) mass is 290 g/mol. The molecule has 0 aliphatic carbocycles. The lowest BCUT2D eigenvalue weighted by Crippen LogP contribution is -2.06. The van der Waals surface area contributed by atoms with Crippen molar-refractivity contribution >= 4 is 11.5 Å². The molecule has 0 atom stereocenters. The summed E-state index contributed by atoms with van der Waals surface area (Å²) in [5.74, 6) is -1.14. The van der Waals surface area contributed by atoms with E-state index in [1.807, 2.05) is 0 Å². The molecule has 2 rings (SSSR count). The molecule has 0 radical (unpaired) electrons. The second-order valence-electron chi connectivity index (χ2n) is 4.05. The van der Waals surface area contributed by atoms with Gasteiger partial charge in [-0.1, -0.05) is 0 Å². The lowest BCUT2D eigenvalue weighted by Gasteiger charge is -2.08. The van der Waals surface area contributed by atoms with Gasteiger partial charge in [0.1, 0.15) is 35.3 Å². The molecule has 0 unspecified atom stereocenters. The van der Waals surface area contributed by atoms with E-state index in [1.54, 1.807) is 6.07 Å². The molecular weight excluding hydrogens is 282 g/mol. The summed E-state index contributed by atoms with van der Waals surface area (Å²) in [5.41, 5.74) is -0.325. The Hall–Kier alpha value is -3.08. The average Bonchev–Trinajstić information content (AvgIpc) is 2.47. The molecule has 1 aromatic heterocycles. The van der Waals surface area contributed by atoms with Gasteiger partial charge in [0.05, 0.1) is 4.92 Å². The maximum Gasteiger partial charge on any atom is 0.289 e. The zero-order valence-corrected chi connectivity index (χ0v) is 10.5. The Balaban J connectivity index is 2.22. The van der Waals surface area contributed by atoms with Gasteiger partial charge in [0.15, 0.2) is 0 Å². The highest BCUT2D eigenvalue weighted by atomic mass is 19.1. The van der Waals surface area contributed by atoms with Crippen LogP contribution < -0.4 is 5.32 Å². The Bertz CT molecular complexity index is 743. The molecule has 8 heteroatoms. The number of nitro groups is 1. The summed E-state index contributed by atoms with van der Waals surface area (Å²) in [6, 6.07) is 5.80. The van der Waals surface area contributed by atoms with Gasteiger partial charge in [-0.25, -0.2) is 13.8 Å². The van der Waals surface area contributed by atoms with Crippen LogP contribution in [0.25, 0.3) is 0 Å². The number of rotatable bonds is 4. The fourth-order valence-electron chi connectivity index (χ4n) is 1.64. The van der Waals surface area contributed by atoms with E-state index in [-0.39, 0.29) is 29.2 Å². The van der Waals surface area contributed by atoms with E-state index in [2.05, 4.69) is 10.3 Å². The highest BCUT2D eigenvalue weighted by Gasteiger charge is 2.12. The number of nitrogens with one attached hydrogen (secondary N) is 1. The van der Waals surface area contributed by atoms with Crippen molar-refractivity contribution in [2.24, 2.45) is 0 Å². The molecule has 21 heavy (non-hydrogen) atoms. The zero-order valence-electron chi connectivity index (χ0n) is 10.5. The minimum atomic E-state index is -0.677. The molecule has 1 heterocycles. The first-order valence-electron chi connectivity index (χ1n) is 5.73. The van der Waals surface area contributed by atoms with Crippen LogP contribution in [0.4, 0.5) is 20.3 Å². The Morgan fingerprint density at radius 2 is 2.14 bits per heavy atom. The molecule has 0 aliphatic heterocycles. The number of hydrogen-bond donors (Lipinski definition) is 1. The van der Waals surface area contributed by atoms with E-state index < -0.39 is 16.6 Å². The average molecular weight is 290 g/mol. The lowest BCUT2D eigenvalue weighted by molar-refractivity contribution is -0.385. The molecule has 0 saturated heterocycles. The zero-order chi connectivity index (χ0) is 15.4. The molecule has 0 spiro atoms. The third-order valence-electron chi connectivity index (χ3n) is 2.66. The number of anilines is 1. The predicted molar refractivity (Wildman–Crippen MR) is 69.3 cm³/mol. The number of nitriles is 1. The lowest BCUT2D eigenvalue weighted by atomic mass is 10.2. The van der Waals surface area contributed by atoms with E-state index in [4.69, 9.17) is 5.26 Å². The molecule has 0 fully saturated rings. The van der Waals surface area contributed by atoms with Crippen molar-refractivity contribution in [2.45, 2.75) is 6.54 Å². The first-order chi connectivity index (χ1) is 10.0. The van der Waals surface area contributed by atoms with Gasteiger partial charge in [0, 0.05) is 18.2 Å². The first-order valence-corrected chi connectivity index (χ1v) is 5.73. The second kappa shape index (κ2) is 5.92. The van der Waals surface area contributed by atoms with Crippen LogP contribution >= 0.6 is 0 Å². The molecule has 1 aromatic carbocycles. The van der Waals surface area contributed by atoms with E-state index >= 15 is 0 Å². The molecule has 1 N–H and O–H groups in total. The van der Waals surface area contributed by atoms with E-state index in [0.717, 1.165) is 30.5 Å². The Kier molecular flexibility index (Phi) is 4.04. The van der Waals surface area contributed by atoms with Gasteiger partial charge < -0.3 is 5.32 Å². The SMILES string of the molecule is N#Cc1cc([N+](=O)[O-])cnc1NCc1cc(F)ccc1F. The number of aromatic nitrogens is 1. The van der Waals surface area contributed by atoms with Crippen LogP contribution in [0.3, 0.4) is 0 Å². The highest BCUT2D eigenvalue weighted by Crippen LogP contribution is 2.19. The van der Waals surface area contributed by atoms with E-state index in [9.17, 15) is 18.9 Å². The minimum absolute atomic E-state index is 0.0546. The summed E-state index contributed by atoms with van der Waals surface area (Å²) in [6.45, 7) is -0.108. The number of benzene rings is 1. The normalized spacial score (nSPS) is 9.95. The largest absolute Gasteiger partial charge is 0.365 e. The molecule has 0 amide bonds. The fourth-order valence-corrected chi connectivity index (χ4v) is 1.64. The van der Waals surface area contributed by atoms with Gasteiger partial charge in [-0.05, 0) is 18.2 Å². The summed E-state index contributed by atoms with van der Waals surface area (Å²) in [6.07, 6.45) is 0.977. The van der Waals surface area contributed by atoms with Crippen LogP contribution in [-0.2, 0) is 6.54 Å². The van der Waals surface area contributed by atoms with Crippen LogP contribution in [-0.4, -0.2) is 9.91 Å². The Labute approximate surface area is 117 Å². The topological polar surface area (TPSA) is 91.8 Å². The summed E-state index contributed by atoms with van der Waals surface area (Å²) < 4.78 is 26.5. The van der Waals surface area contributed by atoms with Gasteiger partial charge >= 0.3 is 0 Å². The summed E-state index contributed by atoms with van der Waals surface area (Å²) in [4.78, 5) is 13.7. The van der Waals surface area contributed by atoms with Crippen LogP contribution in [0.2, 0.25) is 0 Å². The Morgan fingerprint density at radius 3 is 2.81 bits per heavy atom. The smallest absolute Gasteiger partial charge is 0.289 e. The molecule has 0 bridgehead atoms. The van der Waals surface area contributed by atoms with Gasteiger partial charge in [-0.2, -0.15) is 5.26 Å². The summed E-state index contributed by atoms with van der Waals surface area (Å²) >= 11 is 0. The molecule has 6 nitrogen and oxygen atoms in total. The van der Waals surface area contributed by atoms with Gasteiger partial charge in [-0.3, -0.25) is 10.1 Å². The standard InChI is InChI=1S/C13H8F2N4O2/c14-10-1-2-12(15)9(3-10)6-17-13-8(5-16)4-11(7-18-13)19(20)21/h1-4,7H,6H2,(H,17,18). The van der Waals surface area contributed by atoms with Gasteiger partial charge in [0.2, 0.25) is 0 Å². The van der Waals surface area contributed by atoms with Crippen molar-refractivity contribution in [3.8, 4) is 6.07 Å².